The number of amides is 1. The first-order valence-corrected chi connectivity index (χ1v) is 6.33. The zero-order chi connectivity index (χ0) is 13.1. The van der Waals surface area contributed by atoms with Crippen LogP contribution in [0.1, 0.15) is 44.6 Å². The van der Waals surface area contributed by atoms with Crippen molar-refractivity contribution in [3.8, 4) is 0 Å². The van der Waals surface area contributed by atoms with Crippen LogP contribution in [-0.4, -0.2) is 22.4 Å². The maximum absolute atomic E-state index is 11.5. The van der Waals surface area contributed by atoms with Gasteiger partial charge in [0, 0.05) is 18.5 Å². The lowest BCUT2D eigenvalue weighted by Crippen LogP contribution is -2.25. The van der Waals surface area contributed by atoms with E-state index in [1.165, 1.54) is 0 Å². The van der Waals surface area contributed by atoms with E-state index in [2.05, 4.69) is 27.5 Å². The molecule has 6 nitrogen and oxygen atoms in total. The summed E-state index contributed by atoms with van der Waals surface area (Å²) in [7, 11) is 0. The molecule has 1 unspecified atom stereocenters. The highest BCUT2D eigenvalue weighted by molar-refractivity contribution is 5.94. The van der Waals surface area contributed by atoms with E-state index < -0.39 is 0 Å². The summed E-state index contributed by atoms with van der Waals surface area (Å²) in [6.07, 6.45) is 2.58. The van der Waals surface area contributed by atoms with E-state index in [9.17, 15) is 4.79 Å². The van der Waals surface area contributed by atoms with Crippen LogP contribution in [0, 0.1) is 0 Å². The van der Waals surface area contributed by atoms with Crippen LogP contribution < -0.4 is 16.4 Å². The Kier molecular flexibility index (Phi) is 3.64. The third-order valence-corrected chi connectivity index (χ3v) is 3.03. The molecule has 2 heterocycles. The minimum atomic E-state index is -0.0207. The average molecular weight is 249 g/mol. The quantitative estimate of drug-likeness (QED) is 0.706. The van der Waals surface area contributed by atoms with Crippen molar-refractivity contribution in [3.05, 3.63) is 5.56 Å². The summed E-state index contributed by atoms with van der Waals surface area (Å²) < 4.78 is 0. The number of anilines is 3. The molecular formula is C12H19N5O. The number of rotatable bonds is 4. The van der Waals surface area contributed by atoms with Crippen molar-refractivity contribution >= 4 is 23.5 Å². The lowest BCUT2D eigenvalue weighted by atomic mass is 9.95. The van der Waals surface area contributed by atoms with Crippen LogP contribution in [-0.2, 0) is 4.79 Å². The van der Waals surface area contributed by atoms with Crippen LogP contribution in [0.5, 0.6) is 0 Å². The second kappa shape index (κ2) is 5.20. The third-order valence-electron chi connectivity index (χ3n) is 3.03. The van der Waals surface area contributed by atoms with E-state index in [0.29, 0.717) is 24.0 Å². The van der Waals surface area contributed by atoms with Gasteiger partial charge in [0.15, 0.2) is 0 Å². The van der Waals surface area contributed by atoms with Crippen LogP contribution in [0.2, 0.25) is 0 Å². The van der Waals surface area contributed by atoms with Gasteiger partial charge < -0.3 is 16.4 Å². The summed E-state index contributed by atoms with van der Waals surface area (Å²) in [5, 5.41) is 5.86. The predicted molar refractivity (Wildman–Crippen MR) is 71.5 cm³/mol. The van der Waals surface area contributed by atoms with Gasteiger partial charge in [0.2, 0.25) is 11.9 Å². The molecule has 0 saturated carbocycles. The van der Waals surface area contributed by atoms with Crippen LogP contribution in [0.3, 0.4) is 0 Å². The summed E-state index contributed by atoms with van der Waals surface area (Å²) in [5.41, 5.74) is 6.78. The molecular weight excluding hydrogens is 230 g/mol. The van der Waals surface area contributed by atoms with Gasteiger partial charge in [-0.1, -0.05) is 20.3 Å². The number of nitrogens with one attached hydrogen (secondary N) is 2. The van der Waals surface area contributed by atoms with Crippen LogP contribution >= 0.6 is 0 Å². The first-order valence-electron chi connectivity index (χ1n) is 6.33. The number of carbonyl (C=O) groups is 1. The molecule has 2 rings (SSSR count). The molecule has 0 spiro atoms. The zero-order valence-corrected chi connectivity index (χ0v) is 10.8. The number of unbranched alkanes of at least 4 members (excludes halogenated alkanes) is 1. The smallest absolute Gasteiger partial charge is 0.226 e. The van der Waals surface area contributed by atoms with Crippen LogP contribution in [0.25, 0.3) is 0 Å². The molecule has 1 amide bonds. The average Bonchev–Trinajstić information content (AvgIpc) is 2.27. The first kappa shape index (κ1) is 12.6. The summed E-state index contributed by atoms with van der Waals surface area (Å²) in [6, 6.07) is 0. The Morgan fingerprint density at radius 1 is 1.50 bits per heavy atom. The Balaban J connectivity index is 2.24. The lowest BCUT2D eigenvalue weighted by Gasteiger charge is -2.23. The second-order valence-corrected chi connectivity index (χ2v) is 4.63. The summed E-state index contributed by atoms with van der Waals surface area (Å²) in [4.78, 5) is 20.0. The molecule has 0 aromatic carbocycles. The molecule has 0 fully saturated rings. The van der Waals surface area contributed by atoms with Gasteiger partial charge in [0.1, 0.15) is 11.6 Å². The highest BCUT2D eigenvalue weighted by Gasteiger charge is 2.26. The standard InChI is InChI=1S/C12H19N5O/c1-3-4-5-14-12-16-10(13)9-7(2)6-8(18)15-11(9)17-12/h7H,3-6H2,1-2H3,(H4,13,14,15,16,17,18). The Hall–Kier alpha value is -1.85. The molecule has 98 valence electrons. The molecule has 0 aliphatic carbocycles. The summed E-state index contributed by atoms with van der Waals surface area (Å²) in [6.45, 7) is 4.88. The molecule has 0 bridgehead atoms. The van der Waals surface area contributed by atoms with Crippen molar-refractivity contribution in [3.63, 3.8) is 0 Å². The Bertz CT molecular complexity index is 460. The molecule has 6 heteroatoms. The van der Waals surface area contributed by atoms with Crippen molar-refractivity contribution < 1.29 is 4.79 Å². The number of nitrogen functional groups attached to an aromatic ring is 1. The number of aromatic nitrogens is 2. The number of nitrogens with two attached hydrogens (primary N) is 1. The topological polar surface area (TPSA) is 92.9 Å². The number of nitrogens with zero attached hydrogens (tertiary/aromatic N) is 2. The molecule has 0 radical (unpaired) electrons. The van der Waals surface area contributed by atoms with Crippen molar-refractivity contribution in [2.75, 3.05) is 22.9 Å². The van der Waals surface area contributed by atoms with Gasteiger partial charge in [-0.15, -0.1) is 0 Å². The Morgan fingerprint density at radius 2 is 2.28 bits per heavy atom. The molecule has 18 heavy (non-hydrogen) atoms. The van der Waals surface area contributed by atoms with Gasteiger partial charge >= 0.3 is 0 Å². The fourth-order valence-corrected chi connectivity index (χ4v) is 2.09. The monoisotopic (exact) mass is 249 g/mol. The highest BCUT2D eigenvalue weighted by atomic mass is 16.1. The molecule has 1 atom stereocenters. The van der Waals surface area contributed by atoms with Crippen molar-refractivity contribution in [2.24, 2.45) is 0 Å². The predicted octanol–water partition coefficient (Wildman–Crippen LogP) is 1.72. The maximum Gasteiger partial charge on any atom is 0.226 e. The van der Waals surface area contributed by atoms with Crippen LogP contribution in [0.4, 0.5) is 17.6 Å². The van der Waals surface area contributed by atoms with Gasteiger partial charge in [0.25, 0.3) is 0 Å². The van der Waals surface area contributed by atoms with Gasteiger partial charge in [0.05, 0.1) is 0 Å². The molecule has 1 aliphatic rings. The highest BCUT2D eigenvalue weighted by Crippen LogP contribution is 2.34. The Morgan fingerprint density at radius 3 is 3.00 bits per heavy atom. The molecule has 0 saturated heterocycles. The second-order valence-electron chi connectivity index (χ2n) is 4.63. The van der Waals surface area contributed by atoms with E-state index in [1.54, 1.807) is 0 Å². The van der Waals surface area contributed by atoms with E-state index in [0.717, 1.165) is 24.9 Å². The normalized spacial score (nSPS) is 18.1. The van der Waals surface area contributed by atoms with E-state index in [1.807, 2.05) is 6.92 Å². The molecule has 1 aromatic rings. The zero-order valence-electron chi connectivity index (χ0n) is 10.8. The van der Waals surface area contributed by atoms with E-state index in [-0.39, 0.29) is 11.8 Å². The van der Waals surface area contributed by atoms with E-state index in [4.69, 9.17) is 5.73 Å². The fraction of sp³-hybridized carbons (Fsp3) is 0.583. The minimum absolute atomic E-state index is 0.0207. The van der Waals surface area contributed by atoms with Crippen molar-refractivity contribution in [1.29, 1.82) is 0 Å². The minimum Gasteiger partial charge on any atom is -0.383 e. The van der Waals surface area contributed by atoms with Gasteiger partial charge in [-0.25, -0.2) is 0 Å². The maximum atomic E-state index is 11.5. The number of hydrogen-bond donors (Lipinski definition) is 3. The summed E-state index contributed by atoms with van der Waals surface area (Å²) >= 11 is 0. The first-order chi connectivity index (χ1) is 8.61. The molecule has 4 N–H and O–H groups in total. The summed E-state index contributed by atoms with van der Waals surface area (Å²) in [5.74, 6) is 1.52. The van der Waals surface area contributed by atoms with Crippen LogP contribution in [0.15, 0.2) is 0 Å². The van der Waals surface area contributed by atoms with Gasteiger partial charge in [-0.3, -0.25) is 4.79 Å². The molecule has 1 aromatic heterocycles. The van der Waals surface area contributed by atoms with E-state index >= 15 is 0 Å². The number of hydrogen-bond acceptors (Lipinski definition) is 5. The SMILES string of the molecule is CCCCNc1nc(N)c2c(n1)NC(=O)CC2C. The number of fused-ring (bicyclic) bond motifs is 1. The largest absolute Gasteiger partial charge is 0.383 e. The third kappa shape index (κ3) is 2.52. The number of carbonyl (C=O) groups excluding carboxylic acids is 1. The fourth-order valence-electron chi connectivity index (χ4n) is 2.09. The van der Waals surface area contributed by atoms with Gasteiger partial charge in [-0.05, 0) is 12.3 Å². The van der Waals surface area contributed by atoms with Crippen molar-refractivity contribution in [2.45, 2.75) is 39.0 Å². The molecule has 1 aliphatic heterocycles. The van der Waals surface area contributed by atoms with Crippen molar-refractivity contribution in [1.82, 2.24) is 9.97 Å². The lowest BCUT2D eigenvalue weighted by molar-refractivity contribution is -0.116. The van der Waals surface area contributed by atoms with Gasteiger partial charge in [-0.2, -0.15) is 9.97 Å². The Labute approximate surface area is 106 Å².